The summed E-state index contributed by atoms with van der Waals surface area (Å²) in [6.07, 6.45) is 0. The number of likely N-dealkylation sites (N-methyl/N-ethyl adjacent to an activating group) is 1. The van der Waals surface area contributed by atoms with Crippen molar-refractivity contribution >= 4 is 22.7 Å². The summed E-state index contributed by atoms with van der Waals surface area (Å²) in [6.45, 7) is 4.46. The van der Waals surface area contributed by atoms with Gasteiger partial charge in [-0.1, -0.05) is 12.1 Å². The molecule has 3 aromatic rings. The summed E-state index contributed by atoms with van der Waals surface area (Å²) in [7, 11) is 5.49. The predicted molar refractivity (Wildman–Crippen MR) is 116 cm³/mol. The van der Waals surface area contributed by atoms with Gasteiger partial charge in [-0.3, -0.25) is 0 Å². The summed E-state index contributed by atoms with van der Waals surface area (Å²) in [5.74, 6) is 3.22. The lowest BCUT2D eigenvalue weighted by Gasteiger charge is -2.32. The van der Waals surface area contributed by atoms with E-state index in [1.54, 1.807) is 14.2 Å². The van der Waals surface area contributed by atoms with Crippen molar-refractivity contribution in [1.29, 1.82) is 0 Å². The Morgan fingerprint density at radius 3 is 2.52 bits per heavy atom. The van der Waals surface area contributed by atoms with Gasteiger partial charge in [0.05, 0.1) is 19.7 Å². The Bertz CT molecular complexity index is 986. The molecule has 0 aliphatic carbocycles. The molecule has 1 saturated heterocycles. The summed E-state index contributed by atoms with van der Waals surface area (Å²) in [6, 6.07) is 13.9. The van der Waals surface area contributed by atoms with Crippen molar-refractivity contribution in [3.8, 4) is 11.5 Å². The van der Waals surface area contributed by atoms with Gasteiger partial charge in [0.15, 0.2) is 0 Å². The van der Waals surface area contributed by atoms with Crippen molar-refractivity contribution < 1.29 is 9.47 Å². The van der Waals surface area contributed by atoms with Gasteiger partial charge in [0.2, 0.25) is 5.95 Å². The van der Waals surface area contributed by atoms with Crippen LogP contribution >= 0.6 is 0 Å². The molecular formula is C22H27N5O2. The summed E-state index contributed by atoms with van der Waals surface area (Å²) in [4.78, 5) is 14.3. The van der Waals surface area contributed by atoms with Gasteiger partial charge in [-0.25, -0.2) is 4.98 Å². The second kappa shape index (κ2) is 8.53. The van der Waals surface area contributed by atoms with Crippen LogP contribution in [0, 0.1) is 0 Å². The molecule has 0 unspecified atom stereocenters. The molecule has 7 heteroatoms. The van der Waals surface area contributed by atoms with E-state index in [0.717, 1.165) is 65.9 Å². The minimum absolute atomic E-state index is 0.573. The Labute approximate surface area is 171 Å². The lowest BCUT2D eigenvalue weighted by molar-refractivity contribution is 0.311. The van der Waals surface area contributed by atoms with Crippen molar-refractivity contribution in [2.45, 2.75) is 6.54 Å². The first kappa shape index (κ1) is 19.3. The molecule has 0 spiro atoms. The fraction of sp³-hybridized carbons (Fsp3) is 0.364. The van der Waals surface area contributed by atoms with Crippen molar-refractivity contribution in [3.63, 3.8) is 0 Å². The third-order valence-electron chi connectivity index (χ3n) is 5.31. The van der Waals surface area contributed by atoms with E-state index in [0.29, 0.717) is 6.54 Å². The number of methoxy groups -OCH3 is 2. The maximum absolute atomic E-state index is 5.51. The average molecular weight is 393 g/mol. The lowest BCUT2D eigenvalue weighted by atomic mass is 10.1. The molecule has 1 aliphatic rings. The molecule has 0 bridgehead atoms. The number of nitrogens with zero attached hydrogens (tertiary/aromatic N) is 4. The second-order valence-electron chi connectivity index (χ2n) is 7.21. The highest BCUT2D eigenvalue weighted by molar-refractivity contribution is 5.90. The molecule has 1 N–H and O–H groups in total. The number of rotatable bonds is 6. The maximum Gasteiger partial charge on any atom is 0.227 e. The fourth-order valence-corrected chi connectivity index (χ4v) is 3.55. The molecule has 2 heterocycles. The Balaban J connectivity index is 1.64. The Morgan fingerprint density at radius 1 is 0.966 bits per heavy atom. The van der Waals surface area contributed by atoms with Gasteiger partial charge < -0.3 is 24.6 Å². The lowest BCUT2D eigenvalue weighted by Crippen LogP contribution is -2.45. The SMILES string of the molecule is COc1ccc(OC)c(CNc2nc(N3CCN(C)CC3)nc3ccccc23)c1. The minimum atomic E-state index is 0.573. The summed E-state index contributed by atoms with van der Waals surface area (Å²) >= 11 is 0. The van der Waals surface area contributed by atoms with Gasteiger partial charge >= 0.3 is 0 Å². The monoisotopic (exact) mass is 393 g/mol. The largest absolute Gasteiger partial charge is 0.497 e. The quantitative estimate of drug-likeness (QED) is 0.691. The molecule has 0 amide bonds. The van der Waals surface area contributed by atoms with Crippen LogP contribution in [-0.2, 0) is 6.54 Å². The number of anilines is 2. The first-order valence-corrected chi connectivity index (χ1v) is 9.83. The molecular weight excluding hydrogens is 366 g/mol. The van der Waals surface area contributed by atoms with E-state index in [-0.39, 0.29) is 0 Å². The van der Waals surface area contributed by atoms with Gasteiger partial charge in [-0.15, -0.1) is 0 Å². The molecule has 0 radical (unpaired) electrons. The zero-order chi connectivity index (χ0) is 20.2. The Kier molecular flexibility index (Phi) is 5.67. The van der Waals surface area contributed by atoms with Gasteiger partial charge in [0.25, 0.3) is 0 Å². The minimum Gasteiger partial charge on any atom is -0.497 e. The van der Waals surface area contributed by atoms with E-state index in [1.807, 2.05) is 42.5 Å². The normalized spacial score (nSPS) is 14.8. The van der Waals surface area contributed by atoms with Crippen molar-refractivity contribution in [2.75, 3.05) is 57.7 Å². The van der Waals surface area contributed by atoms with Crippen LogP contribution in [0.2, 0.25) is 0 Å². The van der Waals surface area contributed by atoms with E-state index < -0.39 is 0 Å². The van der Waals surface area contributed by atoms with Crippen molar-refractivity contribution in [3.05, 3.63) is 48.0 Å². The van der Waals surface area contributed by atoms with Crippen LogP contribution in [0.3, 0.4) is 0 Å². The third-order valence-corrected chi connectivity index (χ3v) is 5.31. The van der Waals surface area contributed by atoms with Crippen LogP contribution in [0.15, 0.2) is 42.5 Å². The molecule has 29 heavy (non-hydrogen) atoms. The molecule has 0 atom stereocenters. The molecule has 2 aromatic carbocycles. The van der Waals surface area contributed by atoms with Crippen molar-refractivity contribution in [1.82, 2.24) is 14.9 Å². The molecule has 1 aromatic heterocycles. The zero-order valence-electron chi connectivity index (χ0n) is 17.2. The third kappa shape index (κ3) is 4.19. The average Bonchev–Trinajstić information content (AvgIpc) is 2.77. The number of para-hydroxylation sites is 1. The van der Waals surface area contributed by atoms with E-state index in [9.17, 15) is 0 Å². The molecule has 0 saturated carbocycles. The second-order valence-corrected chi connectivity index (χ2v) is 7.21. The first-order valence-electron chi connectivity index (χ1n) is 9.83. The van der Waals surface area contributed by atoms with E-state index in [4.69, 9.17) is 19.4 Å². The van der Waals surface area contributed by atoms with Gasteiger partial charge in [0, 0.05) is 43.7 Å². The number of hydrogen-bond acceptors (Lipinski definition) is 7. The Hall–Kier alpha value is -3.06. The van der Waals surface area contributed by atoms with Gasteiger partial charge in [-0.05, 0) is 37.4 Å². The maximum atomic E-state index is 5.51. The number of ether oxygens (including phenoxy) is 2. The summed E-state index contributed by atoms with van der Waals surface area (Å²) in [5.41, 5.74) is 1.95. The summed E-state index contributed by atoms with van der Waals surface area (Å²) < 4.78 is 10.9. The number of aromatic nitrogens is 2. The molecule has 152 valence electrons. The van der Waals surface area contributed by atoms with E-state index >= 15 is 0 Å². The number of hydrogen-bond donors (Lipinski definition) is 1. The molecule has 7 nitrogen and oxygen atoms in total. The number of fused-ring (bicyclic) bond motifs is 1. The standard InChI is InChI=1S/C22H27N5O2/c1-26-10-12-27(13-11-26)22-24-19-7-5-4-6-18(19)21(25-22)23-15-16-14-17(28-2)8-9-20(16)29-3/h4-9,14H,10-13,15H2,1-3H3,(H,23,24,25). The summed E-state index contributed by atoms with van der Waals surface area (Å²) in [5, 5.41) is 4.50. The fourth-order valence-electron chi connectivity index (χ4n) is 3.55. The predicted octanol–water partition coefficient (Wildman–Crippen LogP) is 3.01. The number of benzene rings is 2. The topological polar surface area (TPSA) is 62.8 Å². The number of nitrogens with one attached hydrogen (secondary N) is 1. The van der Waals surface area contributed by atoms with Gasteiger partial charge in [-0.2, -0.15) is 4.98 Å². The van der Waals surface area contributed by atoms with Crippen LogP contribution < -0.4 is 19.7 Å². The van der Waals surface area contributed by atoms with Crippen molar-refractivity contribution in [2.24, 2.45) is 0 Å². The van der Waals surface area contributed by atoms with Crippen LogP contribution in [0.1, 0.15) is 5.56 Å². The van der Waals surface area contributed by atoms with Crippen LogP contribution in [-0.4, -0.2) is 62.3 Å². The number of piperazine rings is 1. The van der Waals surface area contributed by atoms with Crippen LogP contribution in [0.5, 0.6) is 11.5 Å². The van der Waals surface area contributed by atoms with Gasteiger partial charge in [0.1, 0.15) is 17.3 Å². The highest BCUT2D eigenvalue weighted by atomic mass is 16.5. The highest BCUT2D eigenvalue weighted by Gasteiger charge is 2.18. The zero-order valence-corrected chi connectivity index (χ0v) is 17.2. The molecule has 4 rings (SSSR count). The Morgan fingerprint density at radius 2 is 1.76 bits per heavy atom. The highest BCUT2D eigenvalue weighted by Crippen LogP contribution is 2.28. The first-order chi connectivity index (χ1) is 14.2. The van der Waals surface area contributed by atoms with Crippen LogP contribution in [0.25, 0.3) is 10.9 Å². The van der Waals surface area contributed by atoms with Crippen LogP contribution in [0.4, 0.5) is 11.8 Å². The molecule has 1 aliphatic heterocycles. The smallest absolute Gasteiger partial charge is 0.227 e. The van der Waals surface area contributed by atoms with E-state index in [2.05, 4.69) is 22.2 Å². The molecule has 1 fully saturated rings. The van der Waals surface area contributed by atoms with E-state index in [1.165, 1.54) is 0 Å².